The summed E-state index contributed by atoms with van der Waals surface area (Å²) in [6.07, 6.45) is 2.92. The topological polar surface area (TPSA) is 80.5 Å². The predicted octanol–water partition coefficient (Wildman–Crippen LogP) is 4.10. The van der Waals surface area contributed by atoms with Gasteiger partial charge in [-0.05, 0) is 62.6 Å². The highest BCUT2D eigenvalue weighted by Crippen LogP contribution is 2.28. The van der Waals surface area contributed by atoms with E-state index in [4.69, 9.17) is 14.2 Å². The van der Waals surface area contributed by atoms with Gasteiger partial charge in [-0.15, -0.1) is 0 Å². The van der Waals surface area contributed by atoms with Crippen molar-refractivity contribution < 1.29 is 14.1 Å². The quantitative estimate of drug-likeness (QED) is 0.603. The van der Waals surface area contributed by atoms with Crippen LogP contribution in [0, 0.1) is 13.8 Å². The van der Waals surface area contributed by atoms with E-state index in [1.54, 1.807) is 20.1 Å². The van der Waals surface area contributed by atoms with E-state index < -0.39 is 0 Å². The summed E-state index contributed by atoms with van der Waals surface area (Å²) in [5.41, 5.74) is 4.51. The zero-order valence-corrected chi connectivity index (χ0v) is 18.9. The van der Waals surface area contributed by atoms with Crippen molar-refractivity contribution in [1.82, 2.24) is 15.0 Å². The minimum atomic E-state index is -0.0759. The Hall–Kier alpha value is -3.19. The van der Waals surface area contributed by atoms with Crippen molar-refractivity contribution in [2.75, 3.05) is 32.1 Å². The Morgan fingerprint density at radius 3 is 2.88 bits per heavy atom. The Bertz CT molecular complexity index is 1080. The molecule has 1 aliphatic heterocycles. The maximum absolute atomic E-state index is 12.4. The summed E-state index contributed by atoms with van der Waals surface area (Å²) in [4.78, 5) is 19.5. The van der Waals surface area contributed by atoms with Gasteiger partial charge in [0.2, 0.25) is 5.91 Å². The SMILES string of the molecule is COc1ccccc1Cc1cc(C)nc(C2CCCN(CC(=O)Nc3cc(C)on3)C2)c1. The molecule has 2 aromatic heterocycles. The molecule has 1 amide bonds. The molecule has 3 heterocycles. The molecule has 0 spiro atoms. The molecule has 1 unspecified atom stereocenters. The van der Waals surface area contributed by atoms with Crippen LogP contribution in [-0.4, -0.2) is 47.7 Å². The van der Waals surface area contributed by atoms with Crippen molar-refractivity contribution >= 4 is 11.7 Å². The standard InChI is InChI=1S/C25H30N4O3/c1-17-11-19(13-20-7-4-5-9-23(20)31-3)14-22(26-17)21-8-6-10-29(15-21)16-25(30)27-24-12-18(2)32-28-24/h4-5,7,9,11-12,14,21H,6,8,10,13,15-16H2,1-3H3,(H,27,28,30). The molecular weight excluding hydrogens is 404 g/mol. The first-order chi connectivity index (χ1) is 15.5. The largest absolute Gasteiger partial charge is 0.496 e. The lowest BCUT2D eigenvalue weighted by atomic mass is 9.92. The number of likely N-dealkylation sites (tertiary alicyclic amines) is 1. The van der Waals surface area contributed by atoms with E-state index in [1.165, 1.54) is 5.56 Å². The number of aryl methyl sites for hydroxylation is 2. The van der Waals surface area contributed by atoms with Gasteiger partial charge in [0, 0.05) is 36.3 Å². The fraction of sp³-hybridized carbons (Fsp3) is 0.400. The van der Waals surface area contributed by atoms with Crippen molar-refractivity contribution in [2.24, 2.45) is 0 Å². The molecule has 4 rings (SSSR count). The molecule has 0 aliphatic carbocycles. The van der Waals surface area contributed by atoms with E-state index in [2.05, 4.69) is 33.6 Å². The molecule has 7 heteroatoms. The van der Waals surface area contributed by atoms with Crippen LogP contribution >= 0.6 is 0 Å². The normalized spacial score (nSPS) is 16.7. The number of rotatable bonds is 7. The van der Waals surface area contributed by atoms with Gasteiger partial charge in [0.25, 0.3) is 0 Å². The third-order valence-corrected chi connectivity index (χ3v) is 5.81. The molecule has 1 N–H and O–H groups in total. The Morgan fingerprint density at radius 2 is 2.09 bits per heavy atom. The Morgan fingerprint density at radius 1 is 1.25 bits per heavy atom. The fourth-order valence-corrected chi connectivity index (χ4v) is 4.40. The lowest BCUT2D eigenvalue weighted by Crippen LogP contribution is -2.40. The number of anilines is 1. The molecule has 32 heavy (non-hydrogen) atoms. The summed E-state index contributed by atoms with van der Waals surface area (Å²) in [5, 5.41) is 6.64. The molecular formula is C25H30N4O3. The van der Waals surface area contributed by atoms with E-state index in [0.29, 0.717) is 24.0 Å². The molecule has 1 aliphatic rings. The van der Waals surface area contributed by atoms with Crippen LogP contribution in [0.15, 0.2) is 47.0 Å². The van der Waals surface area contributed by atoms with Crippen LogP contribution in [-0.2, 0) is 11.2 Å². The number of pyridine rings is 1. The van der Waals surface area contributed by atoms with Crippen LogP contribution < -0.4 is 10.1 Å². The zero-order chi connectivity index (χ0) is 22.5. The monoisotopic (exact) mass is 434 g/mol. The smallest absolute Gasteiger partial charge is 0.239 e. The number of piperidine rings is 1. The number of hydrogen-bond donors (Lipinski definition) is 1. The number of carbonyl (C=O) groups is 1. The lowest BCUT2D eigenvalue weighted by Gasteiger charge is -2.32. The van der Waals surface area contributed by atoms with E-state index >= 15 is 0 Å². The van der Waals surface area contributed by atoms with Crippen LogP contribution in [0.1, 0.15) is 47.0 Å². The molecule has 0 saturated carbocycles. The number of methoxy groups -OCH3 is 1. The number of para-hydroxylation sites is 1. The van der Waals surface area contributed by atoms with Gasteiger partial charge in [-0.1, -0.05) is 23.4 Å². The van der Waals surface area contributed by atoms with Gasteiger partial charge in [0.1, 0.15) is 11.5 Å². The molecule has 1 fully saturated rings. The second kappa shape index (κ2) is 9.96. The summed E-state index contributed by atoms with van der Waals surface area (Å²) >= 11 is 0. The van der Waals surface area contributed by atoms with Gasteiger partial charge in [-0.25, -0.2) is 0 Å². The number of hydrogen-bond acceptors (Lipinski definition) is 6. The minimum absolute atomic E-state index is 0.0759. The number of nitrogens with one attached hydrogen (secondary N) is 1. The number of amides is 1. The van der Waals surface area contributed by atoms with Crippen molar-refractivity contribution in [3.63, 3.8) is 0 Å². The van der Waals surface area contributed by atoms with Crippen LogP contribution in [0.3, 0.4) is 0 Å². The summed E-state index contributed by atoms with van der Waals surface area (Å²) in [6, 6.07) is 14.2. The molecule has 3 aromatic rings. The summed E-state index contributed by atoms with van der Waals surface area (Å²) in [7, 11) is 1.71. The van der Waals surface area contributed by atoms with Gasteiger partial charge < -0.3 is 14.6 Å². The highest BCUT2D eigenvalue weighted by atomic mass is 16.5. The van der Waals surface area contributed by atoms with Crippen molar-refractivity contribution in [1.29, 1.82) is 0 Å². The van der Waals surface area contributed by atoms with Gasteiger partial charge in [-0.2, -0.15) is 0 Å². The van der Waals surface area contributed by atoms with Crippen LogP contribution in [0.2, 0.25) is 0 Å². The molecule has 7 nitrogen and oxygen atoms in total. The first kappa shape index (κ1) is 22.0. The number of ether oxygens (including phenoxy) is 1. The van der Waals surface area contributed by atoms with Gasteiger partial charge in [0.15, 0.2) is 5.82 Å². The van der Waals surface area contributed by atoms with Crippen LogP contribution in [0.4, 0.5) is 5.82 Å². The average Bonchev–Trinajstić information content (AvgIpc) is 3.18. The molecule has 1 atom stereocenters. The number of nitrogens with zero attached hydrogens (tertiary/aromatic N) is 3. The minimum Gasteiger partial charge on any atom is -0.496 e. The molecule has 1 aromatic carbocycles. The van der Waals surface area contributed by atoms with Crippen LogP contribution in [0.5, 0.6) is 5.75 Å². The van der Waals surface area contributed by atoms with Crippen molar-refractivity contribution in [3.05, 3.63) is 70.7 Å². The Kier molecular flexibility index (Phi) is 6.85. The second-order valence-corrected chi connectivity index (χ2v) is 8.48. The molecule has 1 saturated heterocycles. The molecule has 0 bridgehead atoms. The fourth-order valence-electron chi connectivity index (χ4n) is 4.40. The highest BCUT2D eigenvalue weighted by Gasteiger charge is 2.24. The second-order valence-electron chi connectivity index (χ2n) is 8.48. The average molecular weight is 435 g/mol. The van der Waals surface area contributed by atoms with E-state index in [1.807, 2.05) is 25.1 Å². The molecule has 0 radical (unpaired) electrons. The third kappa shape index (κ3) is 5.53. The Balaban J connectivity index is 1.43. The Labute approximate surface area is 188 Å². The predicted molar refractivity (Wildman–Crippen MR) is 123 cm³/mol. The van der Waals surface area contributed by atoms with E-state index in [0.717, 1.165) is 55.1 Å². The highest BCUT2D eigenvalue weighted by molar-refractivity contribution is 5.91. The number of aromatic nitrogens is 2. The zero-order valence-electron chi connectivity index (χ0n) is 18.9. The van der Waals surface area contributed by atoms with E-state index in [-0.39, 0.29) is 5.91 Å². The number of benzene rings is 1. The summed E-state index contributed by atoms with van der Waals surface area (Å²) < 4.78 is 10.5. The maximum atomic E-state index is 12.4. The van der Waals surface area contributed by atoms with E-state index in [9.17, 15) is 4.79 Å². The lowest BCUT2D eigenvalue weighted by molar-refractivity contribution is -0.117. The van der Waals surface area contributed by atoms with Gasteiger partial charge in [-0.3, -0.25) is 14.7 Å². The van der Waals surface area contributed by atoms with Crippen molar-refractivity contribution in [2.45, 2.75) is 39.0 Å². The van der Waals surface area contributed by atoms with Gasteiger partial charge in [0.05, 0.1) is 13.7 Å². The third-order valence-electron chi connectivity index (χ3n) is 5.81. The first-order valence-electron chi connectivity index (χ1n) is 11.0. The number of carbonyl (C=O) groups excluding carboxylic acids is 1. The van der Waals surface area contributed by atoms with Gasteiger partial charge >= 0.3 is 0 Å². The first-order valence-corrected chi connectivity index (χ1v) is 11.0. The maximum Gasteiger partial charge on any atom is 0.239 e. The van der Waals surface area contributed by atoms with Crippen LogP contribution in [0.25, 0.3) is 0 Å². The molecule has 168 valence electrons. The summed E-state index contributed by atoms with van der Waals surface area (Å²) in [6.45, 7) is 5.90. The van der Waals surface area contributed by atoms with Crippen molar-refractivity contribution in [3.8, 4) is 5.75 Å². The summed E-state index contributed by atoms with van der Waals surface area (Å²) in [5.74, 6) is 2.27.